The van der Waals surface area contributed by atoms with Crippen LogP contribution < -0.4 is 5.32 Å². The van der Waals surface area contributed by atoms with Crippen LogP contribution in [0.4, 0.5) is 0 Å². The molecular weight excluding hydrogens is 390 g/mol. The Morgan fingerprint density at radius 1 is 1.06 bits per heavy atom. The van der Waals surface area contributed by atoms with Gasteiger partial charge in [-0.05, 0) is 56.4 Å². The highest BCUT2D eigenvalue weighted by Crippen LogP contribution is 2.46. The average Bonchev–Trinajstić information content (AvgIpc) is 2.72. The number of carbonyl (C=O) groups excluding carboxylic acids is 2. The summed E-state index contributed by atoms with van der Waals surface area (Å²) in [5.41, 5.74) is 4.38. The Bertz CT molecular complexity index is 1080. The van der Waals surface area contributed by atoms with E-state index in [1.54, 1.807) is 32.0 Å². The molecule has 0 spiro atoms. The molecule has 160 valence electrons. The summed E-state index contributed by atoms with van der Waals surface area (Å²) in [5.74, 6) is -0.824. The first-order chi connectivity index (χ1) is 14.8. The molecule has 2 N–H and O–H groups in total. The number of nitrogens with one attached hydrogen (secondary N) is 1. The molecule has 2 aromatic carbocycles. The molecule has 0 amide bonds. The Kier molecular flexibility index (Phi) is 5.68. The normalized spacial score (nSPS) is 21.1. The van der Waals surface area contributed by atoms with Crippen molar-refractivity contribution in [1.82, 2.24) is 5.32 Å². The number of Topliss-reactive ketones (excluding diaryl/α,β-unsaturated/α-hetero) is 1. The van der Waals surface area contributed by atoms with Gasteiger partial charge in [0.25, 0.3) is 0 Å². The molecule has 2 unspecified atom stereocenters. The van der Waals surface area contributed by atoms with Gasteiger partial charge >= 0.3 is 5.97 Å². The first-order valence-electron chi connectivity index (χ1n) is 10.6. The van der Waals surface area contributed by atoms with Gasteiger partial charge in [-0.2, -0.15) is 0 Å². The average molecular weight is 418 g/mol. The van der Waals surface area contributed by atoms with E-state index in [-0.39, 0.29) is 23.6 Å². The molecule has 0 saturated carbocycles. The maximum Gasteiger partial charge on any atom is 0.337 e. The van der Waals surface area contributed by atoms with Gasteiger partial charge in [0.1, 0.15) is 5.75 Å². The van der Waals surface area contributed by atoms with E-state index in [2.05, 4.69) is 5.32 Å². The number of rotatable bonds is 4. The third-order valence-corrected chi connectivity index (χ3v) is 5.86. The molecule has 1 aliphatic carbocycles. The summed E-state index contributed by atoms with van der Waals surface area (Å²) in [6, 6.07) is 16.8. The summed E-state index contributed by atoms with van der Waals surface area (Å²) < 4.78 is 5.51. The van der Waals surface area contributed by atoms with E-state index in [4.69, 9.17) is 4.74 Å². The number of carbonyl (C=O) groups is 2. The van der Waals surface area contributed by atoms with Crippen LogP contribution in [-0.4, -0.2) is 23.0 Å². The van der Waals surface area contributed by atoms with Gasteiger partial charge < -0.3 is 15.2 Å². The van der Waals surface area contributed by atoms with E-state index in [1.165, 1.54) is 0 Å². The quantitative estimate of drug-likeness (QED) is 0.705. The third kappa shape index (κ3) is 4.13. The van der Waals surface area contributed by atoms with Crippen molar-refractivity contribution < 1.29 is 19.4 Å². The van der Waals surface area contributed by atoms with Crippen molar-refractivity contribution in [3.63, 3.8) is 0 Å². The fourth-order valence-corrected chi connectivity index (χ4v) is 4.59. The second-order valence-electron chi connectivity index (χ2n) is 8.48. The number of ketones is 1. The van der Waals surface area contributed by atoms with E-state index < -0.39 is 11.9 Å². The zero-order valence-corrected chi connectivity index (χ0v) is 18.0. The van der Waals surface area contributed by atoms with Crippen LogP contribution >= 0.6 is 0 Å². The highest BCUT2D eigenvalue weighted by atomic mass is 16.5. The van der Waals surface area contributed by atoms with Gasteiger partial charge in [0.05, 0.1) is 11.7 Å². The monoisotopic (exact) mass is 417 g/mol. The van der Waals surface area contributed by atoms with Gasteiger partial charge in [-0.3, -0.25) is 4.79 Å². The number of aromatic hydroxyl groups is 1. The molecule has 0 bridgehead atoms. The number of hydrogen-bond donors (Lipinski definition) is 2. The summed E-state index contributed by atoms with van der Waals surface area (Å²) >= 11 is 0. The Hall–Kier alpha value is -3.34. The largest absolute Gasteiger partial charge is 0.508 e. The molecule has 2 aromatic rings. The zero-order chi connectivity index (χ0) is 22.1. The van der Waals surface area contributed by atoms with E-state index in [0.29, 0.717) is 35.2 Å². The number of phenolic OH excluding ortho intramolecular Hbond substituents is 1. The van der Waals surface area contributed by atoms with Crippen LogP contribution in [0, 0.1) is 0 Å². The number of esters is 1. The van der Waals surface area contributed by atoms with E-state index in [9.17, 15) is 14.7 Å². The number of phenols is 1. The van der Waals surface area contributed by atoms with Crippen LogP contribution in [0.15, 0.2) is 77.1 Å². The van der Waals surface area contributed by atoms with Crippen LogP contribution in [0.25, 0.3) is 0 Å². The summed E-state index contributed by atoms with van der Waals surface area (Å²) in [6.45, 7) is 5.44. The van der Waals surface area contributed by atoms with E-state index in [1.807, 2.05) is 43.3 Å². The zero-order valence-electron chi connectivity index (χ0n) is 18.0. The molecule has 2 atom stereocenters. The second kappa shape index (κ2) is 8.42. The lowest BCUT2D eigenvalue weighted by atomic mass is 9.71. The number of benzene rings is 2. The van der Waals surface area contributed by atoms with Gasteiger partial charge in [0.2, 0.25) is 0 Å². The van der Waals surface area contributed by atoms with Crippen molar-refractivity contribution in [1.29, 1.82) is 0 Å². The Balaban J connectivity index is 1.81. The first kappa shape index (κ1) is 20.9. The molecular formula is C26H27NO4. The lowest BCUT2D eigenvalue weighted by Gasteiger charge is -2.37. The standard InChI is InChI=1S/C26H27NO4/c1-15(2)31-26(30)23-16(3)27-21-13-19(17-8-5-4-6-9-17)14-22(29)25(21)24(23)18-10-7-11-20(28)12-18/h4-12,15,19,24,27-28H,13-14H2,1-3H3. The SMILES string of the molecule is CC1=C(C(=O)OC(C)C)C(c2cccc(O)c2)C2=C(CC(c3ccccc3)CC2=O)N1. The Morgan fingerprint density at radius 3 is 2.45 bits per heavy atom. The molecule has 5 heteroatoms. The maximum absolute atomic E-state index is 13.4. The van der Waals surface area contributed by atoms with Gasteiger partial charge in [0.15, 0.2) is 5.78 Å². The van der Waals surface area contributed by atoms with Crippen molar-refractivity contribution in [3.8, 4) is 5.75 Å². The molecule has 0 aromatic heterocycles. The number of ether oxygens (including phenoxy) is 1. The fourth-order valence-electron chi connectivity index (χ4n) is 4.59. The van der Waals surface area contributed by atoms with Crippen molar-refractivity contribution in [3.05, 3.63) is 88.3 Å². The van der Waals surface area contributed by atoms with Crippen molar-refractivity contribution in [2.45, 2.75) is 51.6 Å². The fraction of sp³-hybridized carbons (Fsp3) is 0.308. The predicted octanol–water partition coefficient (Wildman–Crippen LogP) is 4.71. The Labute approximate surface area is 182 Å². The van der Waals surface area contributed by atoms with Gasteiger partial charge in [-0.1, -0.05) is 42.5 Å². The molecule has 4 rings (SSSR count). The number of allylic oxidation sites excluding steroid dienone is 3. The van der Waals surface area contributed by atoms with Crippen LogP contribution in [0.3, 0.4) is 0 Å². The van der Waals surface area contributed by atoms with Gasteiger partial charge in [-0.15, -0.1) is 0 Å². The van der Waals surface area contributed by atoms with Crippen molar-refractivity contribution in [2.75, 3.05) is 0 Å². The van der Waals surface area contributed by atoms with Crippen molar-refractivity contribution in [2.24, 2.45) is 0 Å². The summed E-state index contributed by atoms with van der Waals surface area (Å²) in [5, 5.41) is 13.4. The minimum atomic E-state index is -0.571. The van der Waals surface area contributed by atoms with Crippen LogP contribution in [0.5, 0.6) is 5.75 Å². The van der Waals surface area contributed by atoms with Crippen LogP contribution in [-0.2, 0) is 14.3 Å². The molecule has 31 heavy (non-hydrogen) atoms. The smallest absolute Gasteiger partial charge is 0.337 e. The lowest BCUT2D eigenvalue weighted by molar-refractivity contribution is -0.143. The number of dihydropyridines is 1. The van der Waals surface area contributed by atoms with E-state index in [0.717, 1.165) is 11.3 Å². The molecule has 0 fully saturated rings. The lowest BCUT2D eigenvalue weighted by Crippen LogP contribution is -2.36. The predicted molar refractivity (Wildman–Crippen MR) is 118 cm³/mol. The van der Waals surface area contributed by atoms with Crippen LogP contribution in [0.1, 0.15) is 56.6 Å². The molecule has 0 saturated heterocycles. The van der Waals surface area contributed by atoms with E-state index >= 15 is 0 Å². The third-order valence-electron chi connectivity index (χ3n) is 5.86. The summed E-state index contributed by atoms with van der Waals surface area (Å²) in [7, 11) is 0. The molecule has 5 nitrogen and oxygen atoms in total. The van der Waals surface area contributed by atoms with Crippen LogP contribution in [0.2, 0.25) is 0 Å². The minimum absolute atomic E-state index is 0.0123. The maximum atomic E-state index is 13.4. The molecule has 0 radical (unpaired) electrons. The molecule has 1 heterocycles. The van der Waals surface area contributed by atoms with Gasteiger partial charge in [-0.25, -0.2) is 4.79 Å². The van der Waals surface area contributed by atoms with Gasteiger partial charge in [0, 0.05) is 29.3 Å². The van der Waals surface area contributed by atoms with Crippen molar-refractivity contribution >= 4 is 11.8 Å². The Morgan fingerprint density at radius 2 is 1.77 bits per heavy atom. The summed E-state index contributed by atoms with van der Waals surface area (Å²) in [4.78, 5) is 26.5. The summed E-state index contributed by atoms with van der Waals surface area (Å²) in [6.07, 6.45) is 0.785. The minimum Gasteiger partial charge on any atom is -0.508 e. The second-order valence-corrected chi connectivity index (χ2v) is 8.48. The highest BCUT2D eigenvalue weighted by Gasteiger charge is 2.41. The molecule has 1 aliphatic heterocycles. The first-order valence-corrected chi connectivity index (χ1v) is 10.6. The topological polar surface area (TPSA) is 75.6 Å². The highest BCUT2D eigenvalue weighted by molar-refractivity contribution is 6.04. The molecule has 2 aliphatic rings. The number of hydrogen-bond acceptors (Lipinski definition) is 5.